The van der Waals surface area contributed by atoms with Gasteiger partial charge in [-0.05, 0) is 44.9 Å². The molecule has 9 heteroatoms. The molecule has 0 aromatic carbocycles. The van der Waals surface area contributed by atoms with E-state index < -0.39 is 32.5 Å². The second kappa shape index (κ2) is 34.9. The first-order chi connectivity index (χ1) is 23.3. The molecule has 0 rings (SSSR count). The zero-order valence-corrected chi connectivity index (χ0v) is 31.3. The number of carbonyl (C=O) groups excluding carboxylic acids is 2. The van der Waals surface area contributed by atoms with Crippen molar-refractivity contribution in [2.24, 2.45) is 0 Å². The minimum absolute atomic E-state index is 0.229. The summed E-state index contributed by atoms with van der Waals surface area (Å²) in [5.41, 5.74) is 0. The van der Waals surface area contributed by atoms with Gasteiger partial charge in [0.2, 0.25) is 0 Å². The number of hydrogen-bond acceptors (Lipinski definition) is 6. The fourth-order valence-corrected chi connectivity index (χ4v) is 5.45. The van der Waals surface area contributed by atoms with E-state index in [0.717, 1.165) is 51.4 Å². The summed E-state index contributed by atoms with van der Waals surface area (Å²) in [4.78, 5) is 42.5. The van der Waals surface area contributed by atoms with Crippen LogP contribution in [0.2, 0.25) is 0 Å². The average Bonchev–Trinajstić information content (AvgIpc) is 3.05. The van der Waals surface area contributed by atoms with Gasteiger partial charge < -0.3 is 19.3 Å². The van der Waals surface area contributed by atoms with Crippen LogP contribution in [-0.2, 0) is 28.2 Å². The Morgan fingerprint density at radius 3 is 1.48 bits per heavy atom. The zero-order valence-electron chi connectivity index (χ0n) is 30.4. The van der Waals surface area contributed by atoms with E-state index in [-0.39, 0.29) is 13.0 Å². The molecule has 0 aromatic heterocycles. The lowest BCUT2D eigenvalue weighted by atomic mass is 10.1. The first kappa shape index (κ1) is 46.0. The second-order valence-electron chi connectivity index (χ2n) is 12.7. The molecule has 0 heterocycles. The van der Waals surface area contributed by atoms with Crippen LogP contribution in [0.3, 0.4) is 0 Å². The quantitative estimate of drug-likeness (QED) is 0.0224. The fraction of sp³-hybridized carbons (Fsp3) is 0.744. The van der Waals surface area contributed by atoms with E-state index in [2.05, 4.69) is 42.7 Å². The molecule has 0 bridgehead atoms. The average molecular weight is 697 g/mol. The summed E-state index contributed by atoms with van der Waals surface area (Å²) in [6.07, 6.45) is 41.7. The topological polar surface area (TPSA) is 119 Å². The lowest BCUT2D eigenvalue weighted by molar-refractivity contribution is -0.157. The van der Waals surface area contributed by atoms with Crippen molar-refractivity contribution in [1.29, 1.82) is 0 Å². The summed E-state index contributed by atoms with van der Waals surface area (Å²) in [6.45, 7) is 3.54. The van der Waals surface area contributed by atoms with E-state index in [9.17, 15) is 14.2 Å². The lowest BCUT2D eigenvalue weighted by Crippen LogP contribution is -2.29. The molecule has 0 aliphatic heterocycles. The van der Waals surface area contributed by atoms with Crippen LogP contribution in [0.15, 0.2) is 48.6 Å². The number of phosphoric acid groups is 1. The molecule has 0 saturated carbocycles. The summed E-state index contributed by atoms with van der Waals surface area (Å²) in [7, 11) is -4.78. The molecule has 8 nitrogen and oxygen atoms in total. The van der Waals surface area contributed by atoms with Crippen molar-refractivity contribution in [2.75, 3.05) is 13.2 Å². The van der Waals surface area contributed by atoms with Crippen molar-refractivity contribution in [1.82, 2.24) is 0 Å². The summed E-state index contributed by atoms with van der Waals surface area (Å²) >= 11 is 0. The van der Waals surface area contributed by atoms with Crippen molar-refractivity contribution >= 4 is 19.8 Å². The number of ether oxygens (including phenoxy) is 2. The summed E-state index contributed by atoms with van der Waals surface area (Å²) in [5.74, 6) is -1.16. The van der Waals surface area contributed by atoms with Gasteiger partial charge in [0.05, 0.1) is 6.61 Å². The molecular weight excluding hydrogens is 627 g/mol. The first-order valence-corrected chi connectivity index (χ1v) is 20.5. The smallest absolute Gasteiger partial charge is 0.462 e. The predicted octanol–water partition coefficient (Wildman–Crippen LogP) is 11.2. The Hall–Kier alpha value is -1.99. The molecule has 0 spiro atoms. The Morgan fingerprint density at radius 1 is 0.583 bits per heavy atom. The van der Waals surface area contributed by atoms with Crippen LogP contribution in [0.1, 0.15) is 168 Å². The van der Waals surface area contributed by atoms with Crippen molar-refractivity contribution in [3.63, 3.8) is 0 Å². The van der Waals surface area contributed by atoms with Gasteiger partial charge in [0.15, 0.2) is 6.10 Å². The number of esters is 2. The van der Waals surface area contributed by atoms with Crippen LogP contribution >= 0.6 is 7.82 Å². The highest BCUT2D eigenvalue weighted by Gasteiger charge is 2.22. The van der Waals surface area contributed by atoms with Gasteiger partial charge in [0, 0.05) is 12.5 Å². The molecule has 0 unspecified atom stereocenters. The number of carbonyl (C=O) groups is 2. The second-order valence-corrected chi connectivity index (χ2v) is 13.9. The molecule has 48 heavy (non-hydrogen) atoms. The van der Waals surface area contributed by atoms with Gasteiger partial charge in [0.1, 0.15) is 6.61 Å². The standard InChI is InChI=1S/C39H69O8P/c1-3-5-7-9-11-13-15-17-19-21-23-25-27-29-31-33-38(40)45-35-37(36-46-48(42,43)44)47-39(41)34-32-30-28-26-24-22-20-18-16-14-12-10-8-6-4-2/h13,15,17,19,28,30,32,34,37H,3-12,14,16,18,20-27,29,31,33,35-36H2,1-2H3,(H2,42,43,44)/b15-13+,19-17+,30-28+,34-32+/t37-/m1/s1. The Balaban J connectivity index is 4.10. The van der Waals surface area contributed by atoms with Crippen molar-refractivity contribution in [3.8, 4) is 0 Å². The maximum absolute atomic E-state index is 12.2. The van der Waals surface area contributed by atoms with Crippen LogP contribution in [0, 0.1) is 0 Å². The molecule has 0 aliphatic rings. The predicted molar refractivity (Wildman–Crippen MR) is 198 cm³/mol. The van der Waals surface area contributed by atoms with E-state index >= 15 is 0 Å². The molecular formula is C39H69O8P. The van der Waals surface area contributed by atoms with Gasteiger partial charge in [-0.25, -0.2) is 9.36 Å². The number of allylic oxidation sites excluding steroid dienone is 7. The number of rotatable bonds is 34. The largest absolute Gasteiger partial charge is 0.469 e. The van der Waals surface area contributed by atoms with Crippen LogP contribution in [0.25, 0.3) is 0 Å². The first-order valence-electron chi connectivity index (χ1n) is 19.0. The molecule has 0 saturated heterocycles. The minimum Gasteiger partial charge on any atom is -0.462 e. The van der Waals surface area contributed by atoms with E-state index in [1.165, 1.54) is 96.0 Å². The van der Waals surface area contributed by atoms with E-state index in [1.807, 2.05) is 6.08 Å². The molecule has 0 fully saturated rings. The molecule has 0 aliphatic carbocycles. The van der Waals surface area contributed by atoms with Crippen LogP contribution in [0.5, 0.6) is 0 Å². The number of hydrogen-bond donors (Lipinski definition) is 2. The monoisotopic (exact) mass is 696 g/mol. The number of unbranched alkanes of at least 4 members (excludes halogenated alkanes) is 20. The highest BCUT2D eigenvalue weighted by molar-refractivity contribution is 7.46. The minimum atomic E-state index is -4.78. The van der Waals surface area contributed by atoms with Crippen LogP contribution in [0.4, 0.5) is 0 Å². The maximum atomic E-state index is 12.2. The number of phosphoric ester groups is 1. The van der Waals surface area contributed by atoms with Gasteiger partial charge >= 0.3 is 19.8 Å². The molecule has 2 N–H and O–H groups in total. The van der Waals surface area contributed by atoms with Crippen LogP contribution < -0.4 is 0 Å². The van der Waals surface area contributed by atoms with E-state index in [4.69, 9.17) is 19.3 Å². The normalized spacial score (nSPS) is 13.0. The summed E-state index contributed by atoms with van der Waals surface area (Å²) < 4.78 is 26.1. The Morgan fingerprint density at radius 2 is 1.00 bits per heavy atom. The third-order valence-electron chi connectivity index (χ3n) is 7.95. The summed E-state index contributed by atoms with van der Waals surface area (Å²) in [5, 5.41) is 0. The molecule has 278 valence electrons. The fourth-order valence-electron chi connectivity index (χ4n) is 5.09. The molecule has 0 amide bonds. The SMILES string of the molecule is CCCCCC/C=C/C=C/CCCCCCCC(=O)OC[C@H](COP(=O)(O)O)OC(=O)/C=C/C=C/CCCCCCCCCCCCC. The third kappa shape index (κ3) is 36.8. The summed E-state index contributed by atoms with van der Waals surface area (Å²) in [6, 6.07) is 0. The van der Waals surface area contributed by atoms with Crippen LogP contribution in [-0.4, -0.2) is 41.0 Å². The molecule has 1 atom stereocenters. The molecule has 0 radical (unpaired) electrons. The Bertz CT molecular complexity index is 921. The van der Waals surface area contributed by atoms with Gasteiger partial charge in [0.25, 0.3) is 0 Å². The lowest BCUT2D eigenvalue weighted by Gasteiger charge is -2.17. The highest BCUT2D eigenvalue weighted by Crippen LogP contribution is 2.35. The third-order valence-corrected chi connectivity index (χ3v) is 8.44. The highest BCUT2D eigenvalue weighted by atomic mass is 31.2. The van der Waals surface area contributed by atoms with Gasteiger partial charge in [-0.15, -0.1) is 0 Å². The van der Waals surface area contributed by atoms with Gasteiger partial charge in [-0.2, -0.15) is 0 Å². The van der Waals surface area contributed by atoms with Crippen molar-refractivity contribution < 1.29 is 37.9 Å². The van der Waals surface area contributed by atoms with Crippen molar-refractivity contribution in [2.45, 2.75) is 174 Å². The van der Waals surface area contributed by atoms with Gasteiger partial charge in [-0.1, -0.05) is 159 Å². The molecule has 0 aromatic rings. The van der Waals surface area contributed by atoms with Gasteiger partial charge in [-0.3, -0.25) is 9.32 Å². The van der Waals surface area contributed by atoms with Crippen molar-refractivity contribution in [3.05, 3.63) is 48.6 Å². The van der Waals surface area contributed by atoms with E-state index in [0.29, 0.717) is 6.42 Å². The Labute approximate surface area is 293 Å². The van der Waals surface area contributed by atoms with E-state index in [1.54, 1.807) is 12.2 Å². The Kier molecular flexibility index (Phi) is 33.4. The maximum Gasteiger partial charge on any atom is 0.469 e. The zero-order chi connectivity index (χ0) is 35.4.